The number of halogens is 5. The fraction of sp³-hybridized carbons (Fsp3) is 0.556. The second kappa shape index (κ2) is 6.88. The van der Waals surface area contributed by atoms with Gasteiger partial charge in [0.2, 0.25) is 5.95 Å². The van der Waals surface area contributed by atoms with E-state index in [-0.39, 0.29) is 17.9 Å². The van der Waals surface area contributed by atoms with Crippen molar-refractivity contribution in [1.82, 2.24) is 9.55 Å². The number of amidine groups is 1. The number of rotatable bonds is 4. The van der Waals surface area contributed by atoms with E-state index in [9.17, 15) is 8.78 Å². The number of aliphatic imine (C=N–C) groups is 1. The molecule has 1 aromatic heterocycles. The van der Waals surface area contributed by atoms with Crippen LogP contribution in [0.5, 0.6) is 0 Å². The molecule has 1 unspecified atom stereocenters. The van der Waals surface area contributed by atoms with Crippen molar-refractivity contribution in [3.05, 3.63) is 21.8 Å². The standard InChI is InChI=1S/C18H19F2I3N4/c1-16(5-2-6-16)27-13-4-3-11(21)8-12(13)25-15(27)26-14(24)7-10-9-17(19,20)18(10,22)23/h3-4,8,10H,2,5-7,9H2,1H3,(H2,24,25,26). The first kappa shape index (κ1) is 20.5. The third-order valence-electron chi connectivity index (χ3n) is 5.77. The van der Waals surface area contributed by atoms with Crippen molar-refractivity contribution in [2.45, 2.75) is 51.9 Å². The smallest absolute Gasteiger partial charge is 0.271 e. The predicted octanol–water partition coefficient (Wildman–Crippen LogP) is 6.14. The average molecular weight is 710 g/mol. The summed E-state index contributed by atoms with van der Waals surface area (Å²) in [5.41, 5.74) is 8.13. The van der Waals surface area contributed by atoms with Crippen molar-refractivity contribution in [2.75, 3.05) is 0 Å². The summed E-state index contributed by atoms with van der Waals surface area (Å²) in [4.78, 5) is 9.32. The maximum absolute atomic E-state index is 13.8. The van der Waals surface area contributed by atoms with Gasteiger partial charge in [-0.05, 0) is 67.0 Å². The number of alkyl halides is 4. The second-order valence-electron chi connectivity index (χ2n) is 7.77. The van der Waals surface area contributed by atoms with Crippen LogP contribution in [0.4, 0.5) is 14.7 Å². The summed E-state index contributed by atoms with van der Waals surface area (Å²) in [5, 5.41) is 0. The van der Waals surface area contributed by atoms with Gasteiger partial charge in [-0.15, -0.1) is 0 Å². The minimum atomic E-state index is -2.65. The van der Waals surface area contributed by atoms with E-state index in [0.29, 0.717) is 18.2 Å². The Morgan fingerprint density at radius 2 is 2.07 bits per heavy atom. The van der Waals surface area contributed by atoms with Gasteiger partial charge in [-0.2, -0.15) is 0 Å². The molecule has 0 spiro atoms. The van der Waals surface area contributed by atoms with Crippen molar-refractivity contribution < 1.29 is 8.78 Å². The highest BCUT2D eigenvalue weighted by Gasteiger charge is 2.65. The van der Waals surface area contributed by atoms with Gasteiger partial charge in [-0.25, -0.2) is 18.8 Å². The molecular formula is C18H19F2I3N4. The predicted molar refractivity (Wildman–Crippen MR) is 130 cm³/mol. The lowest BCUT2D eigenvalue weighted by Gasteiger charge is -2.48. The molecule has 27 heavy (non-hydrogen) atoms. The van der Waals surface area contributed by atoms with E-state index in [2.05, 4.69) is 51.2 Å². The van der Waals surface area contributed by atoms with Gasteiger partial charge in [0.1, 0.15) is 7.26 Å². The largest absolute Gasteiger partial charge is 0.387 e. The van der Waals surface area contributed by atoms with Crippen LogP contribution in [0, 0.1) is 9.49 Å². The maximum Gasteiger partial charge on any atom is 0.271 e. The fourth-order valence-corrected chi connectivity index (χ4v) is 5.72. The molecule has 2 aliphatic carbocycles. The van der Waals surface area contributed by atoms with Gasteiger partial charge >= 0.3 is 0 Å². The third kappa shape index (κ3) is 3.40. The lowest BCUT2D eigenvalue weighted by molar-refractivity contribution is -0.0988. The lowest BCUT2D eigenvalue weighted by atomic mass is 9.78. The van der Waals surface area contributed by atoms with Crippen LogP contribution in [0.1, 0.15) is 39.0 Å². The first-order valence-corrected chi connectivity index (χ1v) is 12.0. The lowest BCUT2D eigenvalue weighted by Crippen LogP contribution is -2.56. The summed E-state index contributed by atoms with van der Waals surface area (Å²) in [6.07, 6.45) is 3.56. The monoisotopic (exact) mass is 710 g/mol. The number of nitrogens with zero attached hydrogens (tertiary/aromatic N) is 3. The molecule has 4 nitrogen and oxygen atoms in total. The summed E-state index contributed by atoms with van der Waals surface area (Å²) in [5.74, 6) is -1.87. The van der Waals surface area contributed by atoms with Gasteiger partial charge in [0.05, 0.1) is 11.0 Å². The number of nitrogens with two attached hydrogens (primary N) is 1. The van der Waals surface area contributed by atoms with E-state index in [1.54, 1.807) is 0 Å². The van der Waals surface area contributed by atoms with E-state index in [1.165, 1.54) is 6.42 Å². The van der Waals surface area contributed by atoms with Crippen LogP contribution < -0.4 is 5.73 Å². The molecular weight excluding hydrogens is 691 g/mol. The SMILES string of the molecule is CC1(n2c(N=C(N)CC3CC(F)(F)C3(I)I)nc3cc(I)ccc32)CCC1. The highest BCUT2D eigenvalue weighted by Crippen LogP contribution is 2.62. The summed E-state index contributed by atoms with van der Waals surface area (Å²) in [6, 6.07) is 6.18. The third-order valence-corrected chi connectivity index (χ3v) is 9.78. The van der Waals surface area contributed by atoms with Crippen molar-refractivity contribution in [3.63, 3.8) is 0 Å². The molecule has 4 rings (SSSR count). The van der Waals surface area contributed by atoms with Crippen molar-refractivity contribution in [1.29, 1.82) is 0 Å². The second-order valence-corrected chi connectivity index (χ2v) is 14.5. The first-order chi connectivity index (χ1) is 12.5. The first-order valence-electron chi connectivity index (χ1n) is 8.81. The summed E-state index contributed by atoms with van der Waals surface area (Å²) < 4.78 is 29.8. The summed E-state index contributed by atoms with van der Waals surface area (Å²) in [7, 11) is 0. The molecule has 2 aromatic rings. The molecule has 2 saturated carbocycles. The Labute approximate surface area is 197 Å². The minimum absolute atomic E-state index is 0.0135. The molecule has 0 saturated heterocycles. The number of imidazole rings is 1. The van der Waals surface area contributed by atoms with Crippen molar-refractivity contribution >= 4 is 90.6 Å². The molecule has 0 radical (unpaired) electrons. The Hall–Kier alpha value is 0.210. The van der Waals surface area contributed by atoms with E-state index in [4.69, 9.17) is 10.7 Å². The number of hydrogen-bond acceptors (Lipinski definition) is 2. The Morgan fingerprint density at radius 1 is 1.37 bits per heavy atom. The average Bonchev–Trinajstić information content (AvgIpc) is 2.88. The Kier molecular flexibility index (Phi) is 5.22. The van der Waals surface area contributed by atoms with Crippen LogP contribution in [-0.4, -0.2) is 22.7 Å². The fourth-order valence-electron chi connectivity index (χ4n) is 3.93. The van der Waals surface area contributed by atoms with Gasteiger partial charge in [-0.3, -0.25) is 0 Å². The summed E-state index contributed by atoms with van der Waals surface area (Å²) >= 11 is 5.97. The normalized spacial score (nSPS) is 25.9. The molecule has 1 heterocycles. The molecule has 1 aromatic carbocycles. The van der Waals surface area contributed by atoms with Crippen molar-refractivity contribution in [2.24, 2.45) is 16.6 Å². The highest BCUT2D eigenvalue weighted by molar-refractivity contribution is 14.2. The van der Waals surface area contributed by atoms with E-state index in [1.807, 2.05) is 51.2 Å². The van der Waals surface area contributed by atoms with Crippen LogP contribution in [-0.2, 0) is 5.54 Å². The zero-order chi connectivity index (χ0) is 19.6. The highest BCUT2D eigenvalue weighted by atomic mass is 127. The van der Waals surface area contributed by atoms with Gasteiger partial charge in [0, 0.05) is 27.9 Å². The molecule has 0 amide bonds. The van der Waals surface area contributed by atoms with Crippen LogP contribution in [0.25, 0.3) is 11.0 Å². The number of fused-ring (bicyclic) bond motifs is 1. The molecule has 2 fully saturated rings. The number of benzene rings is 1. The van der Waals surface area contributed by atoms with Gasteiger partial charge < -0.3 is 10.3 Å². The van der Waals surface area contributed by atoms with Crippen LogP contribution in [0.15, 0.2) is 23.2 Å². The zero-order valence-electron chi connectivity index (χ0n) is 14.7. The van der Waals surface area contributed by atoms with Gasteiger partial charge in [0.15, 0.2) is 0 Å². The van der Waals surface area contributed by atoms with Crippen LogP contribution in [0.3, 0.4) is 0 Å². The zero-order valence-corrected chi connectivity index (χ0v) is 21.1. The van der Waals surface area contributed by atoms with Crippen LogP contribution >= 0.6 is 67.8 Å². The van der Waals surface area contributed by atoms with E-state index >= 15 is 0 Å². The topological polar surface area (TPSA) is 56.2 Å². The Bertz CT molecular complexity index is 934. The molecule has 0 aliphatic heterocycles. The molecule has 9 heteroatoms. The van der Waals surface area contributed by atoms with E-state index in [0.717, 1.165) is 27.4 Å². The van der Waals surface area contributed by atoms with Gasteiger partial charge in [0.25, 0.3) is 5.92 Å². The quantitative estimate of drug-likeness (QED) is 0.180. The van der Waals surface area contributed by atoms with Crippen molar-refractivity contribution in [3.8, 4) is 0 Å². The Balaban J connectivity index is 1.69. The molecule has 0 bridgehead atoms. The minimum Gasteiger partial charge on any atom is -0.387 e. The molecule has 2 aliphatic rings. The van der Waals surface area contributed by atoms with Crippen LogP contribution in [0.2, 0.25) is 0 Å². The number of aromatic nitrogens is 2. The summed E-state index contributed by atoms with van der Waals surface area (Å²) in [6.45, 7) is 2.22. The van der Waals surface area contributed by atoms with Gasteiger partial charge in [-0.1, -0.05) is 45.2 Å². The molecule has 1 atom stereocenters. The Morgan fingerprint density at radius 3 is 2.63 bits per heavy atom. The molecule has 146 valence electrons. The number of hydrogen-bond donors (Lipinski definition) is 1. The maximum atomic E-state index is 13.8. The van der Waals surface area contributed by atoms with E-state index < -0.39 is 7.35 Å². The molecule has 2 N–H and O–H groups in total.